The van der Waals surface area contributed by atoms with E-state index >= 15 is 0 Å². The van der Waals surface area contributed by atoms with Crippen molar-refractivity contribution >= 4 is 17.7 Å². The zero-order valence-corrected chi connectivity index (χ0v) is 20.7. The first kappa shape index (κ1) is 24.7. The molecule has 3 fully saturated rings. The van der Waals surface area contributed by atoms with Crippen molar-refractivity contribution in [2.75, 3.05) is 13.7 Å². The molecule has 0 aliphatic carbocycles. The third-order valence-electron chi connectivity index (χ3n) is 8.19. The molecule has 34 heavy (non-hydrogen) atoms. The van der Waals surface area contributed by atoms with E-state index in [9.17, 15) is 19.5 Å². The van der Waals surface area contributed by atoms with Crippen molar-refractivity contribution in [1.82, 2.24) is 15.5 Å². The molecule has 0 saturated carbocycles. The number of carbonyl (C=O) groups is 3. The molecule has 3 aliphatic rings. The highest BCUT2D eigenvalue weighted by molar-refractivity contribution is 5.99. The Kier molecular flexibility index (Phi) is 6.50. The van der Waals surface area contributed by atoms with Gasteiger partial charge in [-0.25, -0.2) is 0 Å². The van der Waals surface area contributed by atoms with E-state index in [-0.39, 0.29) is 36.2 Å². The lowest BCUT2D eigenvalue weighted by molar-refractivity contribution is -0.151. The molecule has 3 amide bonds. The fourth-order valence-electron chi connectivity index (χ4n) is 6.63. The van der Waals surface area contributed by atoms with Gasteiger partial charge in [-0.05, 0) is 37.2 Å². The summed E-state index contributed by atoms with van der Waals surface area (Å²) in [7, 11) is 1.56. The summed E-state index contributed by atoms with van der Waals surface area (Å²) in [6, 6.07) is 8.14. The molecule has 8 nitrogen and oxygen atoms in total. The topological polar surface area (TPSA) is 108 Å². The molecule has 1 aromatic carbocycles. The second-order valence-corrected chi connectivity index (χ2v) is 10.7. The van der Waals surface area contributed by atoms with Gasteiger partial charge in [-0.3, -0.25) is 14.4 Å². The van der Waals surface area contributed by atoms with E-state index in [1.165, 1.54) is 0 Å². The molecule has 0 aromatic heterocycles. The van der Waals surface area contributed by atoms with Crippen LogP contribution in [0.5, 0.6) is 0 Å². The van der Waals surface area contributed by atoms with E-state index in [2.05, 4.69) is 10.6 Å². The minimum absolute atomic E-state index is 0.0131. The van der Waals surface area contributed by atoms with Gasteiger partial charge in [-0.1, -0.05) is 51.1 Å². The zero-order chi connectivity index (χ0) is 24.8. The number of nitrogens with zero attached hydrogens (tertiary/aromatic N) is 1. The summed E-state index contributed by atoms with van der Waals surface area (Å²) in [6.07, 6.45) is 1.05. The molecule has 3 saturated heterocycles. The van der Waals surface area contributed by atoms with Gasteiger partial charge in [0.2, 0.25) is 17.7 Å². The Bertz CT molecular complexity index is 953. The predicted molar refractivity (Wildman–Crippen MR) is 126 cm³/mol. The number of fused-ring (bicyclic) bond motifs is 1. The SMILES string of the molecule is CNC(=O)[C@@H]1[C@H]2C(=O)N([C@@H](CO)CC(C)C)C(C(=O)NCc3ccccc3)C23CC(C)[C@@]1(C)O3. The van der Waals surface area contributed by atoms with Crippen LogP contribution in [-0.2, 0) is 25.7 Å². The molecule has 1 aromatic rings. The number of rotatable bonds is 8. The number of carbonyl (C=O) groups excluding carboxylic acids is 3. The molecule has 4 rings (SSSR count). The number of hydrogen-bond donors (Lipinski definition) is 3. The minimum atomic E-state index is -1.10. The quantitative estimate of drug-likeness (QED) is 0.532. The number of amides is 3. The largest absolute Gasteiger partial charge is 0.394 e. The normalized spacial score (nSPS) is 34.9. The van der Waals surface area contributed by atoms with Crippen LogP contribution in [0.1, 0.15) is 46.1 Å². The van der Waals surface area contributed by atoms with Crippen LogP contribution in [0.4, 0.5) is 0 Å². The van der Waals surface area contributed by atoms with Crippen LogP contribution in [-0.4, -0.2) is 64.7 Å². The lowest BCUT2D eigenvalue weighted by Crippen LogP contribution is -2.58. The first-order valence-corrected chi connectivity index (χ1v) is 12.3. The Morgan fingerprint density at radius 2 is 1.91 bits per heavy atom. The number of hydrogen-bond acceptors (Lipinski definition) is 5. The summed E-state index contributed by atoms with van der Waals surface area (Å²) < 4.78 is 6.64. The Balaban J connectivity index is 1.75. The highest BCUT2D eigenvalue weighted by atomic mass is 16.5. The summed E-state index contributed by atoms with van der Waals surface area (Å²) >= 11 is 0. The lowest BCUT2D eigenvalue weighted by atomic mass is 9.62. The van der Waals surface area contributed by atoms with Crippen LogP contribution in [0.3, 0.4) is 0 Å². The van der Waals surface area contributed by atoms with Crippen molar-refractivity contribution in [2.24, 2.45) is 23.7 Å². The Labute approximate surface area is 201 Å². The molecular formula is C26H37N3O5. The first-order valence-electron chi connectivity index (χ1n) is 12.3. The summed E-state index contributed by atoms with van der Waals surface area (Å²) in [6.45, 7) is 8.01. The molecule has 8 heteroatoms. The van der Waals surface area contributed by atoms with Crippen LogP contribution in [0, 0.1) is 23.7 Å². The molecule has 3 unspecified atom stereocenters. The van der Waals surface area contributed by atoms with Crippen LogP contribution >= 0.6 is 0 Å². The molecule has 2 bridgehead atoms. The molecule has 3 N–H and O–H groups in total. The molecule has 3 heterocycles. The maximum atomic E-state index is 14.0. The van der Waals surface area contributed by atoms with Crippen molar-refractivity contribution < 1.29 is 24.2 Å². The number of nitrogens with one attached hydrogen (secondary N) is 2. The van der Waals surface area contributed by atoms with Gasteiger partial charge in [0.1, 0.15) is 11.6 Å². The summed E-state index contributed by atoms with van der Waals surface area (Å²) in [4.78, 5) is 42.4. The van der Waals surface area contributed by atoms with Gasteiger partial charge in [0.15, 0.2) is 0 Å². The maximum Gasteiger partial charge on any atom is 0.246 e. The van der Waals surface area contributed by atoms with Crippen LogP contribution in [0.15, 0.2) is 30.3 Å². The van der Waals surface area contributed by atoms with E-state index in [0.717, 1.165) is 5.56 Å². The van der Waals surface area contributed by atoms with Crippen molar-refractivity contribution in [2.45, 2.75) is 70.4 Å². The first-order chi connectivity index (χ1) is 16.1. The van der Waals surface area contributed by atoms with Gasteiger partial charge >= 0.3 is 0 Å². The average molecular weight is 472 g/mol. The Morgan fingerprint density at radius 1 is 1.24 bits per heavy atom. The van der Waals surface area contributed by atoms with Gasteiger partial charge in [0, 0.05) is 13.6 Å². The fraction of sp³-hybridized carbons (Fsp3) is 0.654. The van der Waals surface area contributed by atoms with Crippen molar-refractivity contribution in [1.29, 1.82) is 0 Å². The van der Waals surface area contributed by atoms with Crippen LogP contribution in [0.25, 0.3) is 0 Å². The molecule has 186 valence electrons. The molecule has 3 aliphatic heterocycles. The Hall–Kier alpha value is -2.45. The number of likely N-dealkylation sites (tertiary alicyclic amines) is 1. The van der Waals surface area contributed by atoms with E-state index in [1.807, 2.05) is 58.0 Å². The molecule has 1 spiro atoms. The summed E-state index contributed by atoms with van der Waals surface area (Å²) in [5.74, 6) is -2.09. The third-order valence-corrected chi connectivity index (χ3v) is 8.19. The van der Waals surface area contributed by atoms with Gasteiger partial charge in [-0.2, -0.15) is 0 Å². The Morgan fingerprint density at radius 3 is 2.50 bits per heavy atom. The monoisotopic (exact) mass is 471 g/mol. The van der Waals surface area contributed by atoms with E-state index in [0.29, 0.717) is 19.4 Å². The number of aliphatic hydroxyl groups is 1. The maximum absolute atomic E-state index is 14.0. The molecule has 0 radical (unpaired) electrons. The highest BCUT2D eigenvalue weighted by Gasteiger charge is 2.80. The minimum Gasteiger partial charge on any atom is -0.394 e. The average Bonchev–Trinajstić information content (AvgIpc) is 3.32. The number of ether oxygens (including phenoxy) is 1. The summed E-state index contributed by atoms with van der Waals surface area (Å²) in [5, 5.41) is 16.0. The molecule has 7 atom stereocenters. The van der Waals surface area contributed by atoms with E-state index in [1.54, 1.807) is 11.9 Å². The standard InChI is InChI=1S/C26H37N3O5/c1-15(2)11-18(14-30)29-21(23(32)28-13-17-9-7-6-8-10-17)26-12-16(3)25(4,34-26)19(22(31)27-5)20(26)24(29)33/h6-10,15-16,18-21,30H,11-14H2,1-5H3,(H,27,31)(H,28,32)/t16?,18-,19+,20+,21?,25-,26?/m1/s1. The predicted octanol–water partition coefficient (Wildman–Crippen LogP) is 1.47. The van der Waals surface area contributed by atoms with E-state index in [4.69, 9.17) is 4.74 Å². The van der Waals surface area contributed by atoms with Crippen molar-refractivity contribution in [3.8, 4) is 0 Å². The van der Waals surface area contributed by atoms with Gasteiger partial charge in [0.25, 0.3) is 0 Å². The third kappa shape index (κ3) is 3.62. The second kappa shape index (κ2) is 8.96. The summed E-state index contributed by atoms with van der Waals surface area (Å²) in [5.41, 5.74) is -0.993. The smallest absolute Gasteiger partial charge is 0.246 e. The highest BCUT2D eigenvalue weighted by Crippen LogP contribution is 2.65. The zero-order valence-electron chi connectivity index (χ0n) is 20.7. The number of benzene rings is 1. The van der Waals surface area contributed by atoms with E-state index < -0.39 is 35.1 Å². The van der Waals surface area contributed by atoms with Gasteiger partial charge in [-0.15, -0.1) is 0 Å². The van der Waals surface area contributed by atoms with Crippen molar-refractivity contribution in [3.63, 3.8) is 0 Å². The number of aliphatic hydroxyl groups excluding tert-OH is 1. The van der Waals surface area contributed by atoms with Crippen LogP contribution < -0.4 is 10.6 Å². The fourth-order valence-corrected chi connectivity index (χ4v) is 6.63. The van der Waals surface area contributed by atoms with Gasteiger partial charge < -0.3 is 25.4 Å². The van der Waals surface area contributed by atoms with Crippen LogP contribution in [0.2, 0.25) is 0 Å². The lowest BCUT2D eigenvalue weighted by Gasteiger charge is -2.37. The second-order valence-electron chi connectivity index (χ2n) is 10.7. The van der Waals surface area contributed by atoms with Crippen molar-refractivity contribution in [3.05, 3.63) is 35.9 Å². The van der Waals surface area contributed by atoms with Gasteiger partial charge in [0.05, 0.1) is 30.1 Å². The molecular weight excluding hydrogens is 434 g/mol.